The number of likely N-dealkylation sites (N-methyl/N-ethyl adjacent to an activating group) is 1. The summed E-state index contributed by atoms with van der Waals surface area (Å²) in [6.45, 7) is 6.55. The van der Waals surface area contributed by atoms with Crippen LogP contribution in [0.5, 0.6) is 0 Å². The van der Waals surface area contributed by atoms with Gasteiger partial charge in [0.05, 0.1) is 31.2 Å². The SMILES string of the molecule is CC1CN(CC(=O)N(C)CCC#N)CC(C)O1. The zero-order valence-electron chi connectivity index (χ0n) is 10.8. The number of hydrogen-bond acceptors (Lipinski definition) is 4. The number of carbonyl (C=O) groups excluding carboxylic acids is 1. The van der Waals surface area contributed by atoms with Crippen molar-refractivity contribution in [2.75, 3.05) is 33.2 Å². The van der Waals surface area contributed by atoms with Crippen molar-refractivity contribution in [3.8, 4) is 6.07 Å². The lowest BCUT2D eigenvalue weighted by molar-refractivity contribution is -0.134. The molecule has 0 saturated carbocycles. The summed E-state index contributed by atoms with van der Waals surface area (Å²) in [6.07, 6.45) is 0.741. The molecule has 2 unspecified atom stereocenters. The average molecular weight is 239 g/mol. The Hall–Kier alpha value is -1.12. The van der Waals surface area contributed by atoms with Crippen LogP contribution < -0.4 is 0 Å². The van der Waals surface area contributed by atoms with Crippen molar-refractivity contribution in [1.82, 2.24) is 9.80 Å². The number of nitriles is 1. The molecule has 5 heteroatoms. The van der Waals surface area contributed by atoms with Crippen molar-refractivity contribution < 1.29 is 9.53 Å². The van der Waals surface area contributed by atoms with Gasteiger partial charge in [-0.1, -0.05) is 0 Å². The first-order chi connectivity index (χ1) is 8.02. The molecule has 1 aliphatic heterocycles. The van der Waals surface area contributed by atoms with Gasteiger partial charge in [0.25, 0.3) is 0 Å². The Kier molecular flexibility index (Phi) is 5.39. The van der Waals surface area contributed by atoms with Gasteiger partial charge in [0, 0.05) is 26.7 Å². The van der Waals surface area contributed by atoms with E-state index in [0.717, 1.165) is 13.1 Å². The third-order valence-corrected chi connectivity index (χ3v) is 2.84. The summed E-state index contributed by atoms with van der Waals surface area (Å²) in [4.78, 5) is 15.6. The van der Waals surface area contributed by atoms with E-state index in [-0.39, 0.29) is 18.1 Å². The summed E-state index contributed by atoms with van der Waals surface area (Å²) in [7, 11) is 1.74. The van der Waals surface area contributed by atoms with Crippen LogP contribution in [0.3, 0.4) is 0 Å². The van der Waals surface area contributed by atoms with Crippen molar-refractivity contribution >= 4 is 5.91 Å². The summed E-state index contributed by atoms with van der Waals surface area (Å²) in [5, 5.41) is 8.47. The number of hydrogen-bond donors (Lipinski definition) is 0. The minimum Gasteiger partial charge on any atom is -0.373 e. The normalized spacial score (nSPS) is 25.3. The highest BCUT2D eigenvalue weighted by Crippen LogP contribution is 2.10. The molecule has 1 rings (SSSR count). The van der Waals surface area contributed by atoms with Gasteiger partial charge in [-0.3, -0.25) is 9.69 Å². The Bertz CT molecular complexity index is 291. The maximum absolute atomic E-state index is 11.9. The summed E-state index contributed by atoms with van der Waals surface area (Å²) in [5.74, 6) is 0.0709. The molecule has 0 spiro atoms. The van der Waals surface area contributed by atoms with E-state index < -0.39 is 0 Å². The van der Waals surface area contributed by atoms with Gasteiger partial charge in [0.15, 0.2) is 0 Å². The van der Waals surface area contributed by atoms with Gasteiger partial charge < -0.3 is 9.64 Å². The molecule has 96 valence electrons. The summed E-state index contributed by atoms with van der Waals surface area (Å²) >= 11 is 0. The molecule has 1 amide bonds. The molecule has 2 atom stereocenters. The molecule has 17 heavy (non-hydrogen) atoms. The van der Waals surface area contributed by atoms with Gasteiger partial charge in [0.1, 0.15) is 0 Å². The minimum absolute atomic E-state index is 0.0709. The minimum atomic E-state index is 0.0709. The third kappa shape index (κ3) is 4.72. The summed E-state index contributed by atoms with van der Waals surface area (Å²) in [6, 6.07) is 2.04. The molecule has 0 aromatic rings. The molecular formula is C12H21N3O2. The highest BCUT2D eigenvalue weighted by molar-refractivity contribution is 5.78. The highest BCUT2D eigenvalue weighted by Gasteiger charge is 2.24. The van der Waals surface area contributed by atoms with Crippen molar-refractivity contribution in [1.29, 1.82) is 5.26 Å². The molecule has 5 nitrogen and oxygen atoms in total. The fraction of sp³-hybridized carbons (Fsp3) is 0.833. The fourth-order valence-electron chi connectivity index (χ4n) is 2.07. The molecule has 0 N–H and O–H groups in total. The summed E-state index contributed by atoms with van der Waals surface area (Å²) < 4.78 is 5.61. The third-order valence-electron chi connectivity index (χ3n) is 2.84. The first-order valence-electron chi connectivity index (χ1n) is 6.01. The number of amides is 1. The van der Waals surface area contributed by atoms with Crippen molar-refractivity contribution in [3.05, 3.63) is 0 Å². The van der Waals surface area contributed by atoms with Gasteiger partial charge in [-0.05, 0) is 13.8 Å². The second-order valence-corrected chi connectivity index (χ2v) is 4.67. The van der Waals surface area contributed by atoms with E-state index >= 15 is 0 Å². The number of nitrogens with zero attached hydrogens (tertiary/aromatic N) is 3. The molecule has 0 aliphatic carbocycles. The van der Waals surface area contributed by atoms with Crippen LogP contribution in [0, 0.1) is 11.3 Å². The van der Waals surface area contributed by atoms with Crippen LogP contribution >= 0.6 is 0 Å². The Morgan fingerprint density at radius 2 is 2.06 bits per heavy atom. The molecule has 1 fully saturated rings. The molecule has 1 saturated heterocycles. The zero-order valence-corrected chi connectivity index (χ0v) is 10.8. The number of carbonyl (C=O) groups is 1. The van der Waals surface area contributed by atoms with Crippen LogP contribution in [0.1, 0.15) is 20.3 Å². The highest BCUT2D eigenvalue weighted by atomic mass is 16.5. The number of morpholine rings is 1. The molecule has 0 radical (unpaired) electrons. The maximum atomic E-state index is 11.9. The second kappa shape index (κ2) is 6.58. The molecule has 1 aliphatic rings. The van der Waals surface area contributed by atoms with Crippen molar-refractivity contribution in [2.45, 2.75) is 32.5 Å². The van der Waals surface area contributed by atoms with E-state index in [4.69, 9.17) is 10.00 Å². The van der Waals surface area contributed by atoms with E-state index in [9.17, 15) is 4.79 Å². The first kappa shape index (κ1) is 13.9. The van der Waals surface area contributed by atoms with Crippen LogP contribution in [0.15, 0.2) is 0 Å². The first-order valence-corrected chi connectivity index (χ1v) is 6.01. The van der Waals surface area contributed by atoms with Gasteiger partial charge >= 0.3 is 0 Å². The smallest absolute Gasteiger partial charge is 0.236 e. The lowest BCUT2D eigenvalue weighted by atomic mass is 10.2. The summed E-state index contributed by atoms with van der Waals surface area (Å²) in [5.41, 5.74) is 0. The largest absolute Gasteiger partial charge is 0.373 e. The van der Waals surface area contributed by atoms with Crippen LogP contribution in [0.2, 0.25) is 0 Å². The van der Waals surface area contributed by atoms with Crippen molar-refractivity contribution in [3.63, 3.8) is 0 Å². The standard InChI is InChI=1S/C12H21N3O2/c1-10-7-15(8-11(2)17-10)9-12(16)14(3)6-4-5-13/h10-11H,4,6-9H2,1-3H3. The second-order valence-electron chi connectivity index (χ2n) is 4.67. The molecular weight excluding hydrogens is 218 g/mol. The van der Waals surface area contributed by atoms with E-state index in [1.54, 1.807) is 11.9 Å². The van der Waals surface area contributed by atoms with Crippen molar-refractivity contribution in [2.24, 2.45) is 0 Å². The van der Waals surface area contributed by atoms with E-state index in [1.165, 1.54) is 0 Å². The topological polar surface area (TPSA) is 56.6 Å². The van der Waals surface area contributed by atoms with Gasteiger partial charge in [-0.15, -0.1) is 0 Å². The molecule has 0 aromatic carbocycles. The van der Waals surface area contributed by atoms with E-state index in [0.29, 0.717) is 19.5 Å². The van der Waals surface area contributed by atoms with E-state index in [1.807, 2.05) is 19.9 Å². The van der Waals surface area contributed by atoms with Gasteiger partial charge in [-0.25, -0.2) is 0 Å². The molecule has 0 aromatic heterocycles. The van der Waals surface area contributed by atoms with E-state index in [2.05, 4.69) is 4.90 Å². The predicted molar refractivity (Wildman–Crippen MR) is 64.3 cm³/mol. The monoisotopic (exact) mass is 239 g/mol. The Balaban J connectivity index is 2.37. The van der Waals surface area contributed by atoms with Crippen LogP contribution in [0.4, 0.5) is 0 Å². The Morgan fingerprint density at radius 1 is 1.47 bits per heavy atom. The maximum Gasteiger partial charge on any atom is 0.236 e. The van der Waals surface area contributed by atoms with Crippen LogP contribution in [-0.2, 0) is 9.53 Å². The van der Waals surface area contributed by atoms with Gasteiger partial charge in [0.2, 0.25) is 5.91 Å². The lowest BCUT2D eigenvalue weighted by Gasteiger charge is -2.35. The van der Waals surface area contributed by atoms with Crippen LogP contribution in [-0.4, -0.2) is 61.1 Å². The number of rotatable bonds is 4. The predicted octanol–water partition coefficient (Wildman–Crippen LogP) is 0.468. The number of ether oxygens (including phenoxy) is 1. The molecule has 0 bridgehead atoms. The zero-order chi connectivity index (χ0) is 12.8. The quantitative estimate of drug-likeness (QED) is 0.715. The molecule has 1 heterocycles. The lowest BCUT2D eigenvalue weighted by Crippen LogP contribution is -2.49. The van der Waals surface area contributed by atoms with Gasteiger partial charge in [-0.2, -0.15) is 5.26 Å². The van der Waals surface area contributed by atoms with Crippen LogP contribution in [0.25, 0.3) is 0 Å². The average Bonchev–Trinajstić information content (AvgIpc) is 2.24. The Morgan fingerprint density at radius 3 is 2.59 bits per heavy atom. The fourth-order valence-corrected chi connectivity index (χ4v) is 2.07. The Labute approximate surface area is 103 Å².